The Bertz CT molecular complexity index is 599. The molecule has 0 spiro atoms. The Kier molecular flexibility index (Phi) is 5.11. The molecule has 0 heterocycles. The monoisotopic (exact) mass is 359 g/mol. The van der Waals surface area contributed by atoms with Crippen molar-refractivity contribution < 1.29 is 19.1 Å². The molecule has 126 valence electrons. The molecular weight excluding hydrogens is 341 g/mol. The van der Waals surface area contributed by atoms with Gasteiger partial charge in [0.15, 0.2) is 5.60 Å². The van der Waals surface area contributed by atoms with E-state index in [9.17, 15) is 9.59 Å². The minimum absolute atomic E-state index is 0.135. The zero-order valence-electron chi connectivity index (χ0n) is 13.2. The van der Waals surface area contributed by atoms with E-state index in [-0.39, 0.29) is 12.5 Å². The summed E-state index contributed by atoms with van der Waals surface area (Å²) in [5, 5.41) is 2.47. The van der Waals surface area contributed by atoms with Crippen molar-refractivity contribution in [2.45, 2.75) is 36.1 Å². The van der Waals surface area contributed by atoms with E-state index in [1.807, 2.05) is 12.1 Å². The first-order chi connectivity index (χ1) is 10.7. The third-order valence-electron chi connectivity index (χ3n) is 3.65. The molecule has 0 bridgehead atoms. The standard InChI is InChI=1S/C16H19Cl2NO4/c1-15(2,14(21)19-9-13(20)22-3)23-11-6-4-10(5-7-11)12-8-16(12,17)18/h4-7,12H,8-9H2,1-3H3,(H,19,21). The third kappa shape index (κ3) is 4.52. The van der Waals surface area contributed by atoms with Crippen LogP contribution >= 0.6 is 23.2 Å². The van der Waals surface area contributed by atoms with Crippen molar-refractivity contribution in [3.63, 3.8) is 0 Å². The largest absolute Gasteiger partial charge is 0.478 e. The molecule has 1 fully saturated rings. The molecule has 1 unspecified atom stereocenters. The number of esters is 1. The second-order valence-corrected chi connectivity index (χ2v) is 7.50. The molecule has 0 aliphatic heterocycles. The maximum atomic E-state index is 12.1. The number of hydrogen-bond donors (Lipinski definition) is 1. The highest BCUT2D eigenvalue weighted by molar-refractivity contribution is 6.51. The number of amides is 1. The van der Waals surface area contributed by atoms with Crippen LogP contribution < -0.4 is 10.1 Å². The number of ether oxygens (including phenoxy) is 2. The predicted molar refractivity (Wildman–Crippen MR) is 88.0 cm³/mol. The molecule has 0 radical (unpaired) electrons. The van der Waals surface area contributed by atoms with Gasteiger partial charge < -0.3 is 14.8 Å². The highest BCUT2D eigenvalue weighted by atomic mass is 35.5. The van der Waals surface area contributed by atoms with Gasteiger partial charge in [-0.1, -0.05) is 12.1 Å². The van der Waals surface area contributed by atoms with Crippen molar-refractivity contribution in [3.05, 3.63) is 29.8 Å². The van der Waals surface area contributed by atoms with Gasteiger partial charge in [-0.3, -0.25) is 9.59 Å². The van der Waals surface area contributed by atoms with Gasteiger partial charge >= 0.3 is 5.97 Å². The molecule has 1 saturated carbocycles. The molecule has 0 saturated heterocycles. The number of alkyl halides is 2. The van der Waals surface area contributed by atoms with Crippen molar-refractivity contribution in [3.8, 4) is 5.75 Å². The number of carbonyl (C=O) groups is 2. The van der Waals surface area contributed by atoms with E-state index in [1.165, 1.54) is 7.11 Å². The summed E-state index contributed by atoms with van der Waals surface area (Å²) in [6, 6.07) is 7.31. The summed E-state index contributed by atoms with van der Waals surface area (Å²) in [6.45, 7) is 3.05. The van der Waals surface area contributed by atoms with Gasteiger partial charge in [-0.15, -0.1) is 23.2 Å². The summed E-state index contributed by atoms with van der Waals surface area (Å²) in [7, 11) is 1.26. The maximum Gasteiger partial charge on any atom is 0.325 e. The molecule has 0 aromatic heterocycles. The SMILES string of the molecule is COC(=O)CNC(=O)C(C)(C)Oc1ccc(C2CC2(Cl)Cl)cc1. The molecule has 1 aromatic carbocycles. The van der Waals surface area contributed by atoms with Crippen LogP contribution in [-0.2, 0) is 14.3 Å². The fourth-order valence-electron chi connectivity index (χ4n) is 2.12. The average Bonchev–Trinajstić information content (AvgIpc) is 3.13. The zero-order valence-corrected chi connectivity index (χ0v) is 14.7. The van der Waals surface area contributed by atoms with Gasteiger partial charge in [0.1, 0.15) is 16.6 Å². The number of carbonyl (C=O) groups excluding carboxylic acids is 2. The van der Waals surface area contributed by atoms with Gasteiger partial charge in [0.25, 0.3) is 5.91 Å². The van der Waals surface area contributed by atoms with Gasteiger partial charge in [0.2, 0.25) is 0 Å². The first-order valence-electron chi connectivity index (χ1n) is 7.17. The number of rotatable bonds is 6. The van der Waals surface area contributed by atoms with E-state index in [1.54, 1.807) is 26.0 Å². The lowest BCUT2D eigenvalue weighted by molar-refractivity contribution is -0.143. The van der Waals surface area contributed by atoms with E-state index in [0.717, 1.165) is 12.0 Å². The van der Waals surface area contributed by atoms with Crippen LogP contribution in [0.25, 0.3) is 0 Å². The van der Waals surface area contributed by atoms with E-state index >= 15 is 0 Å². The Morgan fingerprint density at radius 1 is 1.30 bits per heavy atom. The van der Waals surface area contributed by atoms with Crippen LogP contribution in [0.1, 0.15) is 31.7 Å². The molecule has 1 atom stereocenters. The average molecular weight is 360 g/mol. The van der Waals surface area contributed by atoms with Gasteiger partial charge in [-0.2, -0.15) is 0 Å². The van der Waals surface area contributed by atoms with Crippen LogP contribution in [0.2, 0.25) is 0 Å². The maximum absolute atomic E-state index is 12.1. The van der Waals surface area contributed by atoms with E-state index in [0.29, 0.717) is 5.75 Å². The van der Waals surface area contributed by atoms with Gasteiger partial charge in [0.05, 0.1) is 7.11 Å². The molecule has 23 heavy (non-hydrogen) atoms. The number of hydrogen-bond acceptors (Lipinski definition) is 4. The van der Waals surface area contributed by atoms with Crippen molar-refractivity contribution in [2.24, 2.45) is 0 Å². The fraction of sp³-hybridized carbons (Fsp3) is 0.500. The molecule has 1 amide bonds. The zero-order chi connectivity index (χ0) is 17.3. The van der Waals surface area contributed by atoms with Crippen LogP contribution in [0, 0.1) is 0 Å². The highest BCUT2D eigenvalue weighted by Crippen LogP contribution is 2.59. The lowest BCUT2D eigenvalue weighted by Gasteiger charge is -2.25. The fourth-order valence-corrected chi connectivity index (χ4v) is 2.68. The Labute approximate surface area is 145 Å². The third-order valence-corrected chi connectivity index (χ3v) is 4.48. The normalized spacial score (nSPS) is 18.9. The van der Waals surface area contributed by atoms with Crippen LogP contribution in [0.3, 0.4) is 0 Å². The number of benzene rings is 1. The van der Waals surface area contributed by atoms with Crippen molar-refractivity contribution >= 4 is 35.1 Å². The quantitative estimate of drug-likeness (QED) is 0.626. The molecule has 1 aromatic rings. The first kappa shape index (κ1) is 17.9. The molecular formula is C16H19Cl2NO4. The Morgan fingerprint density at radius 3 is 2.35 bits per heavy atom. The Morgan fingerprint density at radius 2 is 1.87 bits per heavy atom. The summed E-state index contributed by atoms with van der Waals surface area (Å²) >= 11 is 12.1. The molecule has 1 aliphatic carbocycles. The molecule has 2 rings (SSSR count). The number of halogens is 2. The molecule has 1 aliphatic rings. The topological polar surface area (TPSA) is 64.6 Å². The summed E-state index contributed by atoms with van der Waals surface area (Å²) < 4.78 is 9.51. The van der Waals surface area contributed by atoms with Gasteiger partial charge in [-0.05, 0) is 38.0 Å². The second-order valence-electron chi connectivity index (χ2n) is 5.96. The van der Waals surface area contributed by atoms with Crippen molar-refractivity contribution in [2.75, 3.05) is 13.7 Å². The van der Waals surface area contributed by atoms with Crippen molar-refractivity contribution in [1.82, 2.24) is 5.32 Å². The summed E-state index contributed by atoms with van der Waals surface area (Å²) in [6.07, 6.45) is 0.734. The van der Waals surface area contributed by atoms with Crippen molar-refractivity contribution in [1.29, 1.82) is 0 Å². The van der Waals surface area contributed by atoms with Crippen LogP contribution in [-0.4, -0.2) is 35.5 Å². The number of methoxy groups -OCH3 is 1. The highest BCUT2D eigenvalue weighted by Gasteiger charge is 2.52. The lowest BCUT2D eigenvalue weighted by atomic mass is 10.1. The van der Waals surface area contributed by atoms with Gasteiger partial charge in [0, 0.05) is 5.92 Å². The summed E-state index contributed by atoms with van der Waals surface area (Å²) in [4.78, 5) is 23.1. The minimum Gasteiger partial charge on any atom is -0.478 e. The molecule has 7 heteroatoms. The summed E-state index contributed by atoms with van der Waals surface area (Å²) in [5.41, 5.74) is -0.0898. The minimum atomic E-state index is -1.13. The van der Waals surface area contributed by atoms with E-state index < -0.39 is 21.8 Å². The predicted octanol–water partition coefficient (Wildman–Crippen LogP) is 2.79. The first-order valence-corrected chi connectivity index (χ1v) is 7.93. The van der Waals surface area contributed by atoms with E-state index in [2.05, 4.69) is 10.1 Å². The second kappa shape index (κ2) is 6.57. The van der Waals surface area contributed by atoms with E-state index in [4.69, 9.17) is 27.9 Å². The van der Waals surface area contributed by atoms with Crippen LogP contribution in [0.5, 0.6) is 5.75 Å². The Hall–Kier alpha value is -1.46. The lowest BCUT2D eigenvalue weighted by Crippen LogP contribution is -2.48. The molecule has 5 nitrogen and oxygen atoms in total. The number of nitrogens with one attached hydrogen (secondary N) is 1. The van der Waals surface area contributed by atoms with Crippen LogP contribution in [0.15, 0.2) is 24.3 Å². The Balaban J connectivity index is 1.94. The summed E-state index contributed by atoms with van der Waals surface area (Å²) in [5.74, 6) is -0.248. The molecule has 1 N–H and O–H groups in total. The van der Waals surface area contributed by atoms with Gasteiger partial charge in [-0.25, -0.2) is 0 Å². The van der Waals surface area contributed by atoms with Crippen LogP contribution in [0.4, 0.5) is 0 Å². The smallest absolute Gasteiger partial charge is 0.325 e.